The van der Waals surface area contributed by atoms with Gasteiger partial charge in [-0.2, -0.15) is 0 Å². The van der Waals surface area contributed by atoms with Crippen molar-refractivity contribution in [1.82, 2.24) is 9.97 Å². The molecule has 0 bridgehead atoms. The van der Waals surface area contributed by atoms with Gasteiger partial charge >= 0.3 is 0 Å². The molecule has 2 aromatic rings. The predicted molar refractivity (Wildman–Crippen MR) is 60.1 cm³/mol. The molecule has 3 rings (SSSR count). The molecular formula is C12H11ClN2. The fourth-order valence-corrected chi connectivity index (χ4v) is 2.26. The molecule has 1 aliphatic rings. The highest BCUT2D eigenvalue weighted by atomic mass is 35.5. The molecule has 15 heavy (non-hydrogen) atoms. The van der Waals surface area contributed by atoms with Crippen molar-refractivity contribution in [2.75, 3.05) is 0 Å². The quantitative estimate of drug-likeness (QED) is 0.772. The normalized spacial score (nSPS) is 18.3. The fraction of sp³-hybridized carbons (Fsp3) is 0.250. The van der Waals surface area contributed by atoms with E-state index in [2.05, 4.69) is 34.2 Å². The molecule has 3 heteroatoms. The van der Waals surface area contributed by atoms with Gasteiger partial charge in [0.15, 0.2) is 0 Å². The number of aromatic nitrogens is 2. The lowest BCUT2D eigenvalue weighted by atomic mass is 9.77. The van der Waals surface area contributed by atoms with Crippen molar-refractivity contribution in [2.45, 2.75) is 18.2 Å². The van der Waals surface area contributed by atoms with E-state index in [9.17, 15) is 0 Å². The van der Waals surface area contributed by atoms with Gasteiger partial charge in [-0.3, -0.25) is 0 Å². The maximum absolute atomic E-state index is 5.74. The van der Waals surface area contributed by atoms with Crippen LogP contribution in [0.1, 0.15) is 28.6 Å². The highest BCUT2D eigenvalue weighted by Crippen LogP contribution is 2.38. The lowest BCUT2D eigenvalue weighted by molar-refractivity contribution is 0.668. The van der Waals surface area contributed by atoms with Crippen molar-refractivity contribution in [3.05, 3.63) is 53.1 Å². The van der Waals surface area contributed by atoms with Crippen LogP contribution in [0, 0.1) is 0 Å². The summed E-state index contributed by atoms with van der Waals surface area (Å²) in [5, 5.41) is 0. The largest absolute Gasteiger partial charge is 0.344 e. The minimum absolute atomic E-state index is 0.443. The predicted octanol–water partition coefficient (Wildman–Crippen LogP) is 2.84. The number of alkyl halides is 1. The van der Waals surface area contributed by atoms with Crippen LogP contribution >= 0.6 is 11.6 Å². The Morgan fingerprint density at radius 3 is 3.00 bits per heavy atom. The fourth-order valence-electron chi connectivity index (χ4n) is 2.12. The standard InChI is InChI=1S/C12H11ClN2/c13-6-9-7-14-12(15-9)11-5-8-3-1-2-4-10(8)11/h1-4,7,11H,5-6H2,(H,14,15). The van der Waals surface area contributed by atoms with Crippen molar-refractivity contribution in [2.24, 2.45) is 0 Å². The first-order valence-corrected chi connectivity index (χ1v) is 5.59. The highest BCUT2D eigenvalue weighted by molar-refractivity contribution is 6.16. The van der Waals surface area contributed by atoms with Crippen LogP contribution in [0.4, 0.5) is 0 Å². The summed E-state index contributed by atoms with van der Waals surface area (Å²) in [4.78, 5) is 7.63. The Morgan fingerprint density at radius 2 is 2.27 bits per heavy atom. The van der Waals surface area contributed by atoms with Gasteiger partial charge in [0, 0.05) is 17.8 Å². The third-order valence-corrected chi connectivity index (χ3v) is 3.26. The van der Waals surface area contributed by atoms with Crippen molar-refractivity contribution < 1.29 is 0 Å². The molecule has 1 atom stereocenters. The maximum Gasteiger partial charge on any atom is 0.114 e. The Labute approximate surface area is 93.3 Å². The van der Waals surface area contributed by atoms with Crippen LogP contribution in [0.2, 0.25) is 0 Å². The van der Waals surface area contributed by atoms with Crippen LogP contribution in [0.5, 0.6) is 0 Å². The van der Waals surface area contributed by atoms with E-state index in [1.807, 2.05) is 6.20 Å². The first-order chi connectivity index (χ1) is 7.38. The number of imidazole rings is 1. The maximum atomic E-state index is 5.74. The first-order valence-electron chi connectivity index (χ1n) is 5.06. The van der Waals surface area contributed by atoms with Crippen molar-refractivity contribution >= 4 is 11.6 Å². The summed E-state index contributed by atoms with van der Waals surface area (Å²) in [7, 11) is 0. The number of nitrogens with zero attached hydrogens (tertiary/aromatic N) is 1. The second-order valence-corrected chi connectivity index (χ2v) is 4.15. The van der Waals surface area contributed by atoms with E-state index < -0.39 is 0 Å². The topological polar surface area (TPSA) is 28.7 Å². The first kappa shape index (κ1) is 8.98. The van der Waals surface area contributed by atoms with E-state index in [4.69, 9.17) is 11.6 Å². The van der Waals surface area contributed by atoms with Crippen LogP contribution in [0.3, 0.4) is 0 Å². The van der Waals surface area contributed by atoms with Crippen LogP contribution in [-0.2, 0) is 12.3 Å². The molecule has 1 aromatic heterocycles. The molecule has 1 unspecified atom stereocenters. The number of H-pyrrole nitrogens is 1. The molecule has 0 saturated carbocycles. The number of fused-ring (bicyclic) bond motifs is 1. The summed E-state index contributed by atoms with van der Waals surface area (Å²) in [5.41, 5.74) is 3.83. The average molecular weight is 219 g/mol. The second kappa shape index (κ2) is 3.38. The molecule has 0 fully saturated rings. The number of nitrogens with one attached hydrogen (secondary N) is 1. The number of aromatic amines is 1. The number of hydrogen-bond acceptors (Lipinski definition) is 1. The highest BCUT2D eigenvalue weighted by Gasteiger charge is 2.28. The molecule has 1 heterocycles. The third kappa shape index (κ3) is 1.37. The average Bonchev–Trinajstić information content (AvgIpc) is 2.68. The van der Waals surface area contributed by atoms with Gasteiger partial charge < -0.3 is 4.98 Å². The number of hydrogen-bond donors (Lipinski definition) is 1. The Balaban J connectivity index is 1.93. The molecule has 1 N–H and O–H groups in total. The van der Waals surface area contributed by atoms with Crippen molar-refractivity contribution in [1.29, 1.82) is 0 Å². The minimum Gasteiger partial charge on any atom is -0.344 e. The molecular weight excluding hydrogens is 208 g/mol. The lowest BCUT2D eigenvalue weighted by Crippen LogP contribution is -2.19. The summed E-state index contributed by atoms with van der Waals surface area (Å²) >= 11 is 5.74. The van der Waals surface area contributed by atoms with E-state index in [-0.39, 0.29) is 0 Å². The van der Waals surface area contributed by atoms with Crippen molar-refractivity contribution in [3.8, 4) is 0 Å². The van der Waals surface area contributed by atoms with Crippen LogP contribution in [0.25, 0.3) is 0 Å². The number of benzene rings is 1. The molecule has 0 spiro atoms. The van der Waals surface area contributed by atoms with Crippen molar-refractivity contribution in [3.63, 3.8) is 0 Å². The third-order valence-electron chi connectivity index (χ3n) is 2.98. The summed E-state index contributed by atoms with van der Waals surface area (Å²) in [6, 6.07) is 8.52. The van der Waals surface area contributed by atoms with Gasteiger partial charge in [0.25, 0.3) is 0 Å². The van der Waals surface area contributed by atoms with Gasteiger partial charge in [0.05, 0.1) is 5.88 Å². The second-order valence-electron chi connectivity index (χ2n) is 3.88. The molecule has 0 radical (unpaired) electrons. The molecule has 76 valence electrons. The summed E-state index contributed by atoms with van der Waals surface area (Å²) in [6.07, 6.45) is 2.91. The van der Waals surface area contributed by atoms with Gasteiger partial charge in [-0.05, 0) is 17.5 Å². The van der Waals surface area contributed by atoms with Crippen LogP contribution in [-0.4, -0.2) is 9.97 Å². The summed E-state index contributed by atoms with van der Waals surface area (Å²) in [5.74, 6) is 1.99. The van der Waals surface area contributed by atoms with Gasteiger partial charge in [-0.15, -0.1) is 11.6 Å². The molecule has 0 amide bonds. The van der Waals surface area contributed by atoms with E-state index in [0.29, 0.717) is 11.8 Å². The molecule has 0 saturated heterocycles. The number of rotatable bonds is 2. The van der Waals surface area contributed by atoms with Gasteiger partial charge in [-0.1, -0.05) is 24.3 Å². The molecule has 0 aliphatic heterocycles. The van der Waals surface area contributed by atoms with Gasteiger partial charge in [0.1, 0.15) is 5.82 Å². The zero-order valence-corrected chi connectivity index (χ0v) is 8.96. The minimum atomic E-state index is 0.443. The smallest absolute Gasteiger partial charge is 0.114 e. The van der Waals surface area contributed by atoms with Gasteiger partial charge in [-0.25, -0.2) is 4.98 Å². The van der Waals surface area contributed by atoms with Crippen LogP contribution < -0.4 is 0 Å². The Kier molecular flexibility index (Phi) is 2.03. The van der Waals surface area contributed by atoms with E-state index in [1.54, 1.807) is 0 Å². The zero-order chi connectivity index (χ0) is 10.3. The summed E-state index contributed by atoms with van der Waals surface area (Å²) in [6.45, 7) is 0. The molecule has 1 aromatic carbocycles. The Hall–Kier alpha value is -1.28. The monoisotopic (exact) mass is 218 g/mol. The number of halogens is 1. The van der Waals surface area contributed by atoms with E-state index in [0.717, 1.165) is 17.9 Å². The molecule has 1 aliphatic carbocycles. The summed E-state index contributed by atoms with van der Waals surface area (Å²) < 4.78 is 0. The Bertz CT molecular complexity index is 490. The lowest BCUT2D eigenvalue weighted by Gasteiger charge is -2.28. The van der Waals surface area contributed by atoms with Crippen LogP contribution in [0.15, 0.2) is 30.5 Å². The SMILES string of the molecule is ClCc1cnc(C2Cc3ccccc32)[nH]1. The van der Waals surface area contributed by atoms with Gasteiger partial charge in [0.2, 0.25) is 0 Å². The Morgan fingerprint density at radius 1 is 1.40 bits per heavy atom. The van der Waals surface area contributed by atoms with E-state index in [1.165, 1.54) is 11.1 Å². The van der Waals surface area contributed by atoms with E-state index >= 15 is 0 Å². The zero-order valence-electron chi connectivity index (χ0n) is 8.20. The molecule has 2 nitrogen and oxygen atoms in total.